The number of hydrogen-bond acceptors (Lipinski definition) is 5. The molecule has 0 aromatic carbocycles. The topological polar surface area (TPSA) is 100 Å². The number of H-pyrrole nitrogens is 1. The van der Waals surface area contributed by atoms with Crippen LogP contribution in [0.4, 0.5) is 0 Å². The third kappa shape index (κ3) is 5.27. The molecule has 1 fully saturated rings. The Morgan fingerprint density at radius 1 is 1.21 bits per heavy atom. The highest BCUT2D eigenvalue weighted by molar-refractivity contribution is 5.96. The summed E-state index contributed by atoms with van der Waals surface area (Å²) in [4.78, 5) is 17.5. The molecule has 178 valence electrons. The number of aromatic amines is 1. The summed E-state index contributed by atoms with van der Waals surface area (Å²) in [5.74, 6) is 0.0504. The lowest BCUT2D eigenvalue weighted by Gasteiger charge is -2.31. The van der Waals surface area contributed by atoms with Gasteiger partial charge in [0.25, 0.3) is 5.91 Å². The number of carbonyl (C=O) groups is 1. The van der Waals surface area contributed by atoms with Crippen molar-refractivity contribution in [3.8, 4) is 11.3 Å². The van der Waals surface area contributed by atoms with E-state index in [-0.39, 0.29) is 23.3 Å². The summed E-state index contributed by atoms with van der Waals surface area (Å²) in [6.07, 6.45) is 7.63. The van der Waals surface area contributed by atoms with E-state index in [0.29, 0.717) is 11.7 Å². The Labute approximate surface area is 196 Å². The third-order valence-corrected chi connectivity index (χ3v) is 6.43. The summed E-state index contributed by atoms with van der Waals surface area (Å²) in [6.45, 7) is 14.0. The molecule has 0 bridgehead atoms. The van der Waals surface area contributed by atoms with Gasteiger partial charge >= 0.3 is 0 Å². The van der Waals surface area contributed by atoms with Gasteiger partial charge in [-0.2, -0.15) is 10.2 Å². The van der Waals surface area contributed by atoms with Gasteiger partial charge in [-0.1, -0.05) is 34.6 Å². The molecule has 4 rings (SSSR count). The van der Waals surface area contributed by atoms with Crippen molar-refractivity contribution in [3.05, 3.63) is 35.4 Å². The first-order valence-corrected chi connectivity index (χ1v) is 12.0. The molecule has 8 heteroatoms. The summed E-state index contributed by atoms with van der Waals surface area (Å²) in [5, 5.41) is 18.8. The molecule has 3 N–H and O–H groups in total. The van der Waals surface area contributed by atoms with Crippen molar-refractivity contribution in [1.82, 2.24) is 35.4 Å². The average Bonchev–Trinajstić information content (AvgIpc) is 3.40. The minimum absolute atomic E-state index is 0.0918. The van der Waals surface area contributed by atoms with E-state index < -0.39 is 0 Å². The van der Waals surface area contributed by atoms with E-state index in [4.69, 9.17) is 0 Å². The Morgan fingerprint density at radius 3 is 2.58 bits per heavy atom. The molecule has 3 aromatic rings. The third-order valence-electron chi connectivity index (χ3n) is 6.43. The molecule has 0 unspecified atom stereocenters. The van der Waals surface area contributed by atoms with Gasteiger partial charge in [-0.05, 0) is 55.6 Å². The lowest BCUT2D eigenvalue weighted by molar-refractivity contribution is 0.0917. The smallest absolute Gasteiger partial charge is 0.272 e. The number of aryl methyl sites for hydroxylation is 1. The zero-order valence-electron chi connectivity index (χ0n) is 20.7. The number of carbonyl (C=O) groups excluding carboxylic acids is 1. The van der Waals surface area contributed by atoms with Crippen molar-refractivity contribution in [3.63, 3.8) is 0 Å². The number of nitrogens with one attached hydrogen (secondary N) is 3. The maximum absolute atomic E-state index is 13.2. The fraction of sp³-hybridized carbons (Fsp3) is 0.600. The zero-order valence-corrected chi connectivity index (χ0v) is 20.7. The predicted molar refractivity (Wildman–Crippen MR) is 130 cm³/mol. The maximum atomic E-state index is 13.2. The molecule has 33 heavy (non-hydrogen) atoms. The molecule has 0 spiro atoms. The first kappa shape index (κ1) is 23.4. The molecule has 1 amide bonds. The molecule has 3 aromatic heterocycles. The van der Waals surface area contributed by atoms with Gasteiger partial charge in [-0.25, -0.2) is 9.50 Å². The van der Waals surface area contributed by atoms with Crippen molar-refractivity contribution in [2.75, 3.05) is 6.54 Å². The van der Waals surface area contributed by atoms with Crippen LogP contribution < -0.4 is 10.6 Å². The monoisotopic (exact) mass is 451 g/mol. The van der Waals surface area contributed by atoms with Gasteiger partial charge in [0, 0.05) is 36.0 Å². The number of aromatic nitrogens is 5. The summed E-state index contributed by atoms with van der Waals surface area (Å²) >= 11 is 0. The van der Waals surface area contributed by atoms with Crippen LogP contribution in [0, 0.1) is 12.3 Å². The lowest BCUT2D eigenvalue weighted by atomic mass is 9.89. The van der Waals surface area contributed by atoms with Crippen LogP contribution in [-0.2, 0) is 0 Å². The normalized spacial score (nSPS) is 19.4. The minimum Gasteiger partial charge on any atom is -0.348 e. The molecule has 8 nitrogen and oxygen atoms in total. The second-order valence-corrected chi connectivity index (χ2v) is 10.9. The lowest BCUT2D eigenvalue weighted by Crippen LogP contribution is -2.44. The van der Waals surface area contributed by atoms with Crippen LogP contribution >= 0.6 is 0 Å². The first-order valence-electron chi connectivity index (χ1n) is 12.0. The van der Waals surface area contributed by atoms with Crippen LogP contribution in [0.1, 0.15) is 87.8 Å². The van der Waals surface area contributed by atoms with Crippen LogP contribution in [0.2, 0.25) is 0 Å². The molecule has 0 atom stereocenters. The summed E-state index contributed by atoms with van der Waals surface area (Å²) in [5.41, 5.74) is 5.38. The fourth-order valence-electron chi connectivity index (χ4n) is 4.68. The van der Waals surface area contributed by atoms with Gasteiger partial charge in [-0.3, -0.25) is 9.89 Å². The van der Waals surface area contributed by atoms with Gasteiger partial charge < -0.3 is 10.6 Å². The van der Waals surface area contributed by atoms with Crippen LogP contribution in [0.25, 0.3) is 16.9 Å². The number of amides is 1. The fourth-order valence-corrected chi connectivity index (χ4v) is 4.68. The minimum atomic E-state index is -0.0918. The molecule has 0 radical (unpaired) electrons. The SMILES string of the molecule is Cc1cc(-c2[nH]nc(C(=O)N[C@H]3CC[C@@H](NCC(C)(C)C)CC3)c2C(C)C)cn2ncnc12. The summed E-state index contributed by atoms with van der Waals surface area (Å²) in [7, 11) is 0. The van der Waals surface area contributed by atoms with Gasteiger partial charge in [0.15, 0.2) is 11.3 Å². The van der Waals surface area contributed by atoms with E-state index >= 15 is 0 Å². The maximum Gasteiger partial charge on any atom is 0.272 e. The Bertz CT molecular complexity index is 1110. The second-order valence-electron chi connectivity index (χ2n) is 10.9. The highest BCUT2D eigenvalue weighted by Crippen LogP contribution is 2.31. The molecule has 3 heterocycles. The van der Waals surface area contributed by atoms with Crippen molar-refractivity contribution < 1.29 is 4.79 Å². The van der Waals surface area contributed by atoms with E-state index in [1.165, 1.54) is 0 Å². The van der Waals surface area contributed by atoms with Crippen molar-refractivity contribution in [2.45, 2.75) is 85.2 Å². The Balaban J connectivity index is 1.47. The Morgan fingerprint density at radius 2 is 1.91 bits per heavy atom. The van der Waals surface area contributed by atoms with Gasteiger partial charge in [0.1, 0.15) is 6.33 Å². The van der Waals surface area contributed by atoms with Crippen molar-refractivity contribution in [2.24, 2.45) is 5.41 Å². The summed E-state index contributed by atoms with van der Waals surface area (Å²) < 4.78 is 1.77. The Kier molecular flexibility index (Phi) is 6.56. The number of fused-ring (bicyclic) bond motifs is 1. The van der Waals surface area contributed by atoms with Crippen LogP contribution in [0.15, 0.2) is 18.6 Å². The molecule has 0 aliphatic heterocycles. The van der Waals surface area contributed by atoms with E-state index in [1.807, 2.05) is 13.1 Å². The van der Waals surface area contributed by atoms with Crippen LogP contribution in [0.5, 0.6) is 0 Å². The highest BCUT2D eigenvalue weighted by Gasteiger charge is 2.27. The van der Waals surface area contributed by atoms with E-state index in [1.54, 1.807) is 10.8 Å². The number of rotatable bonds is 6. The van der Waals surface area contributed by atoms with Crippen molar-refractivity contribution >= 4 is 11.6 Å². The Hall–Kier alpha value is -2.74. The standard InChI is InChI=1S/C25H37N7O/c1-15(2)20-21(17-11-16(3)23-27-14-28-32(23)12-17)30-31-22(20)24(33)29-19-9-7-18(8-10-19)26-13-25(4,5)6/h11-12,14-15,18-19,26H,7-10,13H2,1-6H3,(H,29,33)(H,30,31)/t18-,19+. The van der Waals surface area contributed by atoms with E-state index in [9.17, 15) is 4.79 Å². The van der Waals surface area contributed by atoms with Gasteiger partial charge in [-0.15, -0.1) is 0 Å². The van der Waals surface area contributed by atoms with E-state index in [2.05, 4.69) is 71.6 Å². The highest BCUT2D eigenvalue weighted by atomic mass is 16.2. The van der Waals surface area contributed by atoms with Gasteiger partial charge in [0.05, 0.1) is 5.69 Å². The summed E-state index contributed by atoms with van der Waals surface area (Å²) in [6, 6.07) is 2.80. The second kappa shape index (κ2) is 9.25. The van der Waals surface area contributed by atoms with Crippen molar-refractivity contribution in [1.29, 1.82) is 0 Å². The quantitative estimate of drug-likeness (QED) is 0.521. The molecule has 1 aliphatic rings. The molecular formula is C25H37N7O. The predicted octanol–water partition coefficient (Wildman–Crippen LogP) is 4.23. The first-order chi connectivity index (χ1) is 15.6. The number of hydrogen-bond donors (Lipinski definition) is 3. The van der Waals surface area contributed by atoms with E-state index in [0.717, 1.165) is 60.3 Å². The molecule has 1 saturated carbocycles. The molecular weight excluding hydrogens is 414 g/mol. The van der Waals surface area contributed by atoms with Crippen LogP contribution in [0.3, 0.4) is 0 Å². The largest absolute Gasteiger partial charge is 0.348 e. The van der Waals surface area contributed by atoms with Crippen LogP contribution in [-0.4, -0.2) is 49.3 Å². The molecule has 1 aliphatic carbocycles. The van der Waals surface area contributed by atoms with Gasteiger partial charge in [0.2, 0.25) is 0 Å². The average molecular weight is 452 g/mol. The number of nitrogens with zero attached hydrogens (tertiary/aromatic N) is 4. The molecule has 0 saturated heterocycles. The zero-order chi connectivity index (χ0) is 23.8. The number of pyridine rings is 1.